The monoisotopic (exact) mass is 255 g/mol. The van der Waals surface area contributed by atoms with E-state index in [-0.39, 0.29) is 6.04 Å². The van der Waals surface area contributed by atoms with Crippen LogP contribution in [0.5, 0.6) is 17.2 Å². The second-order valence-corrected chi connectivity index (χ2v) is 3.98. The Hall–Kier alpha value is -1.46. The molecule has 2 N–H and O–H groups in total. The maximum Gasteiger partial charge on any atom is 0.203 e. The van der Waals surface area contributed by atoms with Gasteiger partial charge in [-0.15, -0.1) is 0 Å². The second kappa shape index (κ2) is 6.47. The summed E-state index contributed by atoms with van der Waals surface area (Å²) in [4.78, 5) is 0. The van der Waals surface area contributed by atoms with Gasteiger partial charge in [0, 0.05) is 6.04 Å². The van der Waals surface area contributed by atoms with Gasteiger partial charge in [-0.25, -0.2) is 0 Å². The van der Waals surface area contributed by atoms with E-state index in [0.717, 1.165) is 0 Å². The van der Waals surface area contributed by atoms with Crippen molar-refractivity contribution >= 4 is 0 Å². The molecule has 2 unspecified atom stereocenters. The molecule has 0 heterocycles. The standard InChI is InChI=1S/C13H21NO4/c1-8(14-2)12(15)9-6-10(16-3)13(18-5)11(7-9)17-4/h6-8,12,14-15H,1-5H3. The maximum atomic E-state index is 10.2. The minimum absolute atomic E-state index is 0.0761. The summed E-state index contributed by atoms with van der Waals surface area (Å²) in [6, 6.07) is 3.42. The summed E-state index contributed by atoms with van der Waals surface area (Å²) < 4.78 is 15.7. The van der Waals surface area contributed by atoms with E-state index >= 15 is 0 Å². The quantitative estimate of drug-likeness (QED) is 0.803. The third kappa shape index (κ3) is 2.86. The molecule has 5 heteroatoms. The largest absolute Gasteiger partial charge is 0.493 e. The molecule has 5 nitrogen and oxygen atoms in total. The lowest BCUT2D eigenvalue weighted by atomic mass is 10.0. The zero-order chi connectivity index (χ0) is 13.7. The first-order chi connectivity index (χ1) is 8.58. The Bertz CT molecular complexity index is 370. The van der Waals surface area contributed by atoms with Crippen LogP contribution in [0.3, 0.4) is 0 Å². The van der Waals surface area contributed by atoms with Gasteiger partial charge in [-0.05, 0) is 31.7 Å². The van der Waals surface area contributed by atoms with Crippen molar-refractivity contribution in [2.75, 3.05) is 28.4 Å². The van der Waals surface area contributed by atoms with E-state index in [0.29, 0.717) is 22.8 Å². The summed E-state index contributed by atoms with van der Waals surface area (Å²) in [6.45, 7) is 1.90. The van der Waals surface area contributed by atoms with Crippen LogP contribution in [0.4, 0.5) is 0 Å². The zero-order valence-corrected chi connectivity index (χ0v) is 11.5. The van der Waals surface area contributed by atoms with Crippen molar-refractivity contribution in [1.29, 1.82) is 0 Å². The third-order valence-corrected chi connectivity index (χ3v) is 2.96. The predicted molar refractivity (Wildman–Crippen MR) is 69.6 cm³/mol. The van der Waals surface area contributed by atoms with Crippen LogP contribution in [0.25, 0.3) is 0 Å². The summed E-state index contributed by atoms with van der Waals surface area (Å²) in [5.74, 6) is 1.59. The molecule has 1 rings (SSSR count). The molecule has 102 valence electrons. The van der Waals surface area contributed by atoms with Crippen molar-refractivity contribution in [1.82, 2.24) is 5.32 Å². The van der Waals surface area contributed by atoms with Crippen LogP contribution >= 0.6 is 0 Å². The van der Waals surface area contributed by atoms with E-state index in [1.54, 1.807) is 40.5 Å². The summed E-state index contributed by atoms with van der Waals surface area (Å²) >= 11 is 0. The number of aliphatic hydroxyl groups is 1. The Labute approximate surface area is 108 Å². The van der Waals surface area contributed by atoms with Gasteiger partial charge in [0.05, 0.1) is 27.4 Å². The normalized spacial score (nSPS) is 13.9. The maximum absolute atomic E-state index is 10.2. The number of aliphatic hydroxyl groups excluding tert-OH is 1. The Morgan fingerprint density at radius 3 is 1.89 bits per heavy atom. The highest BCUT2D eigenvalue weighted by Crippen LogP contribution is 2.40. The average Bonchev–Trinajstić information content (AvgIpc) is 2.43. The topological polar surface area (TPSA) is 60.0 Å². The first kappa shape index (κ1) is 14.6. The molecule has 0 aliphatic carbocycles. The van der Waals surface area contributed by atoms with Gasteiger partial charge < -0.3 is 24.6 Å². The summed E-state index contributed by atoms with van der Waals surface area (Å²) in [5.41, 5.74) is 0.714. The smallest absolute Gasteiger partial charge is 0.203 e. The van der Waals surface area contributed by atoms with Crippen molar-refractivity contribution in [2.45, 2.75) is 19.1 Å². The number of likely N-dealkylation sites (N-methyl/N-ethyl adjacent to an activating group) is 1. The molecule has 2 atom stereocenters. The fraction of sp³-hybridized carbons (Fsp3) is 0.538. The van der Waals surface area contributed by atoms with Crippen molar-refractivity contribution in [3.8, 4) is 17.2 Å². The lowest BCUT2D eigenvalue weighted by molar-refractivity contribution is 0.139. The number of rotatable bonds is 6. The van der Waals surface area contributed by atoms with Gasteiger partial charge in [0.25, 0.3) is 0 Å². The van der Waals surface area contributed by atoms with E-state index in [1.807, 2.05) is 6.92 Å². The Balaban J connectivity index is 3.22. The number of methoxy groups -OCH3 is 3. The fourth-order valence-corrected chi connectivity index (χ4v) is 1.72. The van der Waals surface area contributed by atoms with Crippen LogP contribution in [-0.4, -0.2) is 39.5 Å². The molecular weight excluding hydrogens is 234 g/mol. The molecule has 1 aromatic carbocycles. The van der Waals surface area contributed by atoms with Crippen LogP contribution < -0.4 is 19.5 Å². The van der Waals surface area contributed by atoms with Crippen molar-refractivity contribution < 1.29 is 19.3 Å². The molecule has 0 amide bonds. The molecular formula is C13H21NO4. The number of hydrogen-bond donors (Lipinski definition) is 2. The highest BCUT2D eigenvalue weighted by atomic mass is 16.5. The van der Waals surface area contributed by atoms with E-state index in [1.165, 1.54) is 0 Å². The lowest BCUT2D eigenvalue weighted by Crippen LogP contribution is -2.28. The molecule has 0 radical (unpaired) electrons. The van der Waals surface area contributed by atoms with Crippen molar-refractivity contribution in [2.24, 2.45) is 0 Å². The van der Waals surface area contributed by atoms with Gasteiger partial charge >= 0.3 is 0 Å². The van der Waals surface area contributed by atoms with Crippen LogP contribution in [0.2, 0.25) is 0 Å². The number of nitrogens with one attached hydrogen (secondary N) is 1. The highest BCUT2D eigenvalue weighted by Gasteiger charge is 2.20. The molecule has 18 heavy (non-hydrogen) atoms. The minimum Gasteiger partial charge on any atom is -0.493 e. The Morgan fingerprint density at radius 2 is 1.56 bits per heavy atom. The summed E-state index contributed by atoms with van der Waals surface area (Å²) in [6.07, 6.45) is -0.649. The zero-order valence-electron chi connectivity index (χ0n) is 11.5. The molecule has 0 bridgehead atoms. The molecule has 0 aliphatic rings. The van der Waals surface area contributed by atoms with Crippen LogP contribution in [0, 0.1) is 0 Å². The Morgan fingerprint density at radius 1 is 1.06 bits per heavy atom. The van der Waals surface area contributed by atoms with Gasteiger partial charge in [-0.2, -0.15) is 0 Å². The average molecular weight is 255 g/mol. The van der Waals surface area contributed by atoms with Gasteiger partial charge in [0.1, 0.15) is 0 Å². The number of ether oxygens (including phenoxy) is 3. The van der Waals surface area contributed by atoms with Crippen LogP contribution in [-0.2, 0) is 0 Å². The number of hydrogen-bond acceptors (Lipinski definition) is 5. The molecule has 1 aromatic rings. The van der Waals surface area contributed by atoms with E-state index < -0.39 is 6.10 Å². The Kier molecular flexibility index (Phi) is 5.25. The van der Waals surface area contributed by atoms with Crippen LogP contribution in [0.15, 0.2) is 12.1 Å². The molecule has 0 aromatic heterocycles. The molecule has 0 saturated carbocycles. The van der Waals surface area contributed by atoms with Crippen LogP contribution in [0.1, 0.15) is 18.6 Å². The van der Waals surface area contributed by atoms with E-state index in [4.69, 9.17) is 14.2 Å². The van der Waals surface area contributed by atoms with Gasteiger partial charge in [0.15, 0.2) is 11.5 Å². The molecule has 0 fully saturated rings. The SMILES string of the molecule is CNC(C)C(O)c1cc(OC)c(OC)c(OC)c1. The lowest BCUT2D eigenvalue weighted by Gasteiger charge is -2.21. The van der Waals surface area contributed by atoms with E-state index in [2.05, 4.69) is 5.32 Å². The molecule has 0 saturated heterocycles. The first-order valence-electron chi connectivity index (χ1n) is 5.74. The van der Waals surface area contributed by atoms with E-state index in [9.17, 15) is 5.11 Å². The minimum atomic E-state index is -0.649. The second-order valence-electron chi connectivity index (χ2n) is 3.98. The number of benzene rings is 1. The highest BCUT2D eigenvalue weighted by molar-refractivity contribution is 5.54. The van der Waals surface area contributed by atoms with Gasteiger partial charge in [-0.1, -0.05) is 0 Å². The van der Waals surface area contributed by atoms with Crippen molar-refractivity contribution in [3.05, 3.63) is 17.7 Å². The molecule has 0 spiro atoms. The van der Waals surface area contributed by atoms with Gasteiger partial charge in [-0.3, -0.25) is 0 Å². The summed E-state index contributed by atoms with van der Waals surface area (Å²) in [7, 11) is 6.45. The third-order valence-electron chi connectivity index (χ3n) is 2.96. The predicted octanol–water partition coefficient (Wildman–Crippen LogP) is 1.35. The molecule has 0 aliphatic heterocycles. The van der Waals surface area contributed by atoms with Gasteiger partial charge in [0.2, 0.25) is 5.75 Å². The van der Waals surface area contributed by atoms with Crippen molar-refractivity contribution in [3.63, 3.8) is 0 Å². The fourth-order valence-electron chi connectivity index (χ4n) is 1.72. The first-order valence-corrected chi connectivity index (χ1v) is 5.74. The summed E-state index contributed by atoms with van der Waals surface area (Å²) in [5, 5.41) is 13.2.